The molecule has 5 rings (SSSR count). The standard InChI is InChI=1S/C34H41N3O4S/c1-6-20-35(23(3)4)32(41)29-34-19-18-33(5,42-34)27(30(39)36(21-7-2)25-16-12-9-13-17-25)28(34)31(40)37(29)26(22-38)24-14-10-8-11-15-24/h6-17,23,26-29,38H,1-2,18-22H2,3-5H3/t26-,27-,28+,29?,33+,34?/m1/s1. The molecule has 3 aliphatic heterocycles. The van der Waals surface area contributed by atoms with E-state index in [0.717, 1.165) is 11.3 Å². The molecule has 3 saturated heterocycles. The van der Waals surface area contributed by atoms with Gasteiger partial charge in [0.25, 0.3) is 0 Å². The lowest BCUT2D eigenvalue weighted by Gasteiger charge is -2.40. The van der Waals surface area contributed by atoms with Crippen LogP contribution in [0.2, 0.25) is 0 Å². The SMILES string of the molecule is C=CCN(C(=O)[C@H]1[C@H]2C(=O)N([C@H](CO)c3ccccc3)C(C(=O)N(CC=C)C(C)C)C23CC[C@]1(C)S3)c1ccccc1. The van der Waals surface area contributed by atoms with Crippen LogP contribution in [-0.4, -0.2) is 73.9 Å². The summed E-state index contributed by atoms with van der Waals surface area (Å²) in [5.41, 5.74) is 1.51. The van der Waals surface area contributed by atoms with Crippen LogP contribution in [0.1, 0.15) is 45.2 Å². The minimum atomic E-state index is -0.830. The van der Waals surface area contributed by atoms with E-state index in [0.29, 0.717) is 25.9 Å². The monoisotopic (exact) mass is 587 g/mol. The fraction of sp³-hybridized carbons (Fsp3) is 0.441. The van der Waals surface area contributed by atoms with E-state index >= 15 is 0 Å². The Balaban J connectivity index is 1.65. The Labute approximate surface area is 253 Å². The summed E-state index contributed by atoms with van der Waals surface area (Å²) in [5.74, 6) is -1.86. The van der Waals surface area contributed by atoms with Crippen molar-refractivity contribution in [3.8, 4) is 0 Å². The summed E-state index contributed by atoms with van der Waals surface area (Å²) in [6.45, 7) is 14.1. The van der Waals surface area contributed by atoms with E-state index in [1.165, 1.54) is 0 Å². The molecule has 3 fully saturated rings. The Hall–Kier alpha value is -3.36. The maximum absolute atomic E-state index is 14.8. The topological polar surface area (TPSA) is 81.2 Å². The van der Waals surface area contributed by atoms with Crippen molar-refractivity contribution in [3.63, 3.8) is 0 Å². The Morgan fingerprint density at radius 1 is 1.02 bits per heavy atom. The summed E-state index contributed by atoms with van der Waals surface area (Å²) in [6, 6.07) is 17.2. The van der Waals surface area contributed by atoms with Gasteiger partial charge in [-0.1, -0.05) is 60.7 Å². The smallest absolute Gasteiger partial charge is 0.247 e. The fourth-order valence-electron chi connectivity index (χ4n) is 7.46. The molecule has 3 amide bonds. The normalized spacial score (nSPS) is 28.5. The zero-order valence-electron chi connectivity index (χ0n) is 24.7. The first-order chi connectivity index (χ1) is 20.1. The number of hydrogen-bond acceptors (Lipinski definition) is 5. The van der Waals surface area contributed by atoms with Crippen molar-refractivity contribution in [3.05, 3.63) is 91.5 Å². The van der Waals surface area contributed by atoms with Crippen LogP contribution in [0.5, 0.6) is 0 Å². The average molecular weight is 588 g/mol. The summed E-state index contributed by atoms with van der Waals surface area (Å²) in [7, 11) is 0. The van der Waals surface area contributed by atoms with Gasteiger partial charge in [-0.3, -0.25) is 14.4 Å². The van der Waals surface area contributed by atoms with E-state index in [4.69, 9.17) is 0 Å². The number of aliphatic hydroxyl groups is 1. The second-order valence-electron chi connectivity index (χ2n) is 12.0. The minimum absolute atomic E-state index is 0.120. The largest absolute Gasteiger partial charge is 0.394 e. The number of anilines is 1. The number of likely N-dealkylation sites (tertiary alicyclic amines) is 1. The second kappa shape index (κ2) is 11.7. The van der Waals surface area contributed by atoms with Gasteiger partial charge in [0.05, 0.1) is 29.2 Å². The summed E-state index contributed by atoms with van der Waals surface area (Å²) < 4.78 is -1.31. The maximum Gasteiger partial charge on any atom is 0.247 e. The second-order valence-corrected chi connectivity index (χ2v) is 13.9. The van der Waals surface area contributed by atoms with E-state index in [1.54, 1.807) is 38.6 Å². The van der Waals surface area contributed by atoms with Crippen LogP contribution < -0.4 is 4.90 Å². The van der Waals surface area contributed by atoms with Crippen molar-refractivity contribution in [2.75, 3.05) is 24.6 Å². The average Bonchev–Trinajstić information content (AvgIpc) is 3.56. The number of nitrogens with zero attached hydrogens (tertiary/aromatic N) is 3. The van der Waals surface area contributed by atoms with Crippen LogP contribution >= 0.6 is 11.8 Å². The van der Waals surface area contributed by atoms with Crippen molar-refractivity contribution in [1.82, 2.24) is 9.80 Å². The molecule has 3 heterocycles. The number of thioether (sulfide) groups is 1. The lowest BCUT2D eigenvalue weighted by molar-refractivity contribution is -0.146. The molecule has 0 saturated carbocycles. The number of para-hydroxylation sites is 1. The molecule has 2 aromatic carbocycles. The van der Waals surface area contributed by atoms with Gasteiger partial charge in [-0.25, -0.2) is 0 Å². The van der Waals surface area contributed by atoms with E-state index < -0.39 is 33.4 Å². The third-order valence-corrected chi connectivity index (χ3v) is 11.3. The molecule has 1 N–H and O–H groups in total. The van der Waals surface area contributed by atoms with Crippen molar-refractivity contribution in [1.29, 1.82) is 0 Å². The summed E-state index contributed by atoms with van der Waals surface area (Å²) in [5, 5.41) is 10.7. The van der Waals surface area contributed by atoms with Gasteiger partial charge in [0.2, 0.25) is 17.7 Å². The zero-order chi connectivity index (χ0) is 30.2. The van der Waals surface area contributed by atoms with E-state index in [1.807, 2.05) is 74.5 Å². The van der Waals surface area contributed by atoms with Gasteiger partial charge in [-0.05, 0) is 51.3 Å². The molecule has 8 heteroatoms. The first kappa shape index (κ1) is 30.1. The predicted octanol–water partition coefficient (Wildman–Crippen LogP) is 4.84. The molecule has 2 bridgehead atoms. The number of benzene rings is 2. The van der Waals surface area contributed by atoms with Gasteiger partial charge < -0.3 is 19.8 Å². The summed E-state index contributed by atoms with van der Waals surface area (Å²) >= 11 is 1.64. The fourth-order valence-corrected chi connectivity index (χ4v) is 9.79. The molecule has 2 aromatic rings. The van der Waals surface area contributed by atoms with Gasteiger partial charge in [0, 0.05) is 29.6 Å². The molecule has 2 unspecified atom stereocenters. The van der Waals surface area contributed by atoms with Gasteiger partial charge >= 0.3 is 0 Å². The van der Waals surface area contributed by atoms with Crippen molar-refractivity contribution in [2.45, 2.75) is 61.2 Å². The van der Waals surface area contributed by atoms with E-state index in [2.05, 4.69) is 20.1 Å². The number of amides is 3. The summed E-state index contributed by atoms with van der Waals surface area (Å²) in [4.78, 5) is 49.1. The van der Waals surface area contributed by atoms with Crippen molar-refractivity contribution >= 4 is 35.2 Å². The highest BCUT2D eigenvalue weighted by Gasteiger charge is 2.78. The third kappa shape index (κ3) is 4.69. The highest BCUT2D eigenvalue weighted by Crippen LogP contribution is 2.72. The Bertz CT molecular complexity index is 1350. The minimum Gasteiger partial charge on any atom is -0.394 e. The van der Waals surface area contributed by atoms with Crippen LogP contribution in [0.15, 0.2) is 86.0 Å². The van der Waals surface area contributed by atoms with Crippen LogP contribution in [-0.2, 0) is 14.4 Å². The molecular formula is C34H41N3O4S. The van der Waals surface area contributed by atoms with Crippen LogP contribution in [0.3, 0.4) is 0 Å². The number of aliphatic hydroxyl groups excluding tert-OH is 1. The number of carbonyl (C=O) groups excluding carboxylic acids is 3. The molecule has 0 aliphatic carbocycles. The first-order valence-corrected chi connectivity index (χ1v) is 15.5. The molecule has 3 aliphatic rings. The van der Waals surface area contributed by atoms with Gasteiger partial charge in [0.15, 0.2) is 0 Å². The number of hydrogen-bond donors (Lipinski definition) is 1. The van der Waals surface area contributed by atoms with Crippen LogP contribution in [0.4, 0.5) is 5.69 Å². The number of fused-ring (bicyclic) bond motifs is 1. The third-order valence-electron chi connectivity index (χ3n) is 9.29. The quantitative estimate of drug-likeness (QED) is 0.381. The molecule has 0 radical (unpaired) electrons. The molecule has 222 valence electrons. The molecular weight excluding hydrogens is 546 g/mol. The van der Waals surface area contributed by atoms with Crippen molar-refractivity contribution in [2.24, 2.45) is 11.8 Å². The van der Waals surface area contributed by atoms with Crippen molar-refractivity contribution < 1.29 is 19.5 Å². The molecule has 0 aromatic heterocycles. The highest BCUT2D eigenvalue weighted by atomic mass is 32.2. The Kier molecular flexibility index (Phi) is 8.41. The number of carbonyl (C=O) groups is 3. The Morgan fingerprint density at radius 2 is 1.64 bits per heavy atom. The predicted molar refractivity (Wildman–Crippen MR) is 168 cm³/mol. The highest BCUT2D eigenvalue weighted by molar-refractivity contribution is 8.02. The summed E-state index contributed by atoms with van der Waals surface area (Å²) in [6.07, 6.45) is 4.76. The van der Waals surface area contributed by atoms with Crippen LogP contribution in [0.25, 0.3) is 0 Å². The van der Waals surface area contributed by atoms with Gasteiger partial charge in [-0.2, -0.15) is 0 Å². The number of rotatable bonds is 11. The van der Waals surface area contributed by atoms with Crippen LogP contribution in [0, 0.1) is 11.8 Å². The molecule has 42 heavy (non-hydrogen) atoms. The first-order valence-electron chi connectivity index (χ1n) is 14.7. The van der Waals surface area contributed by atoms with E-state index in [9.17, 15) is 19.5 Å². The van der Waals surface area contributed by atoms with E-state index in [-0.39, 0.29) is 30.4 Å². The lowest BCUT2D eigenvalue weighted by Crippen LogP contribution is -2.57. The van der Waals surface area contributed by atoms with Gasteiger partial charge in [0.1, 0.15) is 6.04 Å². The molecule has 1 spiro atoms. The zero-order valence-corrected chi connectivity index (χ0v) is 25.5. The molecule has 7 nitrogen and oxygen atoms in total. The maximum atomic E-state index is 14.8. The van der Waals surface area contributed by atoms with Gasteiger partial charge in [-0.15, -0.1) is 24.9 Å². The lowest BCUT2D eigenvalue weighted by atomic mass is 9.66. The Morgan fingerprint density at radius 3 is 2.21 bits per heavy atom. The molecule has 6 atom stereocenters.